The smallest absolute Gasteiger partial charge is 0.346 e. The van der Waals surface area contributed by atoms with Crippen LogP contribution in [0.2, 0.25) is 0 Å². The van der Waals surface area contributed by atoms with E-state index >= 15 is 0 Å². The largest absolute Gasteiger partial charge is 0.477 e. The third kappa shape index (κ3) is 2.64. The highest BCUT2D eigenvalue weighted by atomic mass is 32.2. The predicted octanol–water partition coefficient (Wildman–Crippen LogP) is 4.16. The second kappa shape index (κ2) is 5.46. The van der Waals surface area contributed by atoms with Gasteiger partial charge in [0.25, 0.3) is 0 Å². The van der Waals surface area contributed by atoms with E-state index < -0.39 is 5.97 Å². The van der Waals surface area contributed by atoms with Gasteiger partial charge in [-0.2, -0.15) is 0 Å². The third-order valence-electron chi connectivity index (χ3n) is 3.09. The number of fused-ring (bicyclic) bond motifs is 1. The molecule has 0 spiro atoms. The average molecular weight is 316 g/mol. The molecular formula is C15H12N2O2S2. The number of rotatable bonds is 3. The highest BCUT2D eigenvalue weighted by Gasteiger charge is 2.18. The third-order valence-corrected chi connectivity index (χ3v) is 5.27. The lowest BCUT2D eigenvalue weighted by molar-refractivity contribution is 0.0701. The zero-order valence-electron chi connectivity index (χ0n) is 11.5. The lowest BCUT2D eigenvalue weighted by Gasteiger charge is -2.04. The molecule has 3 rings (SSSR count). The molecule has 0 aliphatic carbocycles. The minimum absolute atomic E-state index is 0.330. The molecule has 0 amide bonds. The van der Waals surface area contributed by atoms with Gasteiger partial charge in [0.05, 0.1) is 0 Å². The zero-order valence-corrected chi connectivity index (χ0v) is 13.1. The van der Waals surface area contributed by atoms with Crippen LogP contribution in [0.5, 0.6) is 0 Å². The fourth-order valence-corrected chi connectivity index (χ4v) is 4.23. The van der Waals surface area contributed by atoms with Gasteiger partial charge in [-0.3, -0.25) is 0 Å². The second-order valence-corrected chi connectivity index (χ2v) is 6.70. The van der Waals surface area contributed by atoms with E-state index in [4.69, 9.17) is 0 Å². The normalized spacial score (nSPS) is 11.0. The molecule has 3 aromatic rings. The molecule has 2 heterocycles. The van der Waals surface area contributed by atoms with Gasteiger partial charge >= 0.3 is 5.97 Å². The van der Waals surface area contributed by atoms with E-state index in [0.29, 0.717) is 4.88 Å². The monoisotopic (exact) mass is 316 g/mol. The van der Waals surface area contributed by atoms with Crippen LogP contribution in [-0.4, -0.2) is 21.0 Å². The molecule has 1 N–H and O–H groups in total. The Hall–Kier alpha value is -1.92. The number of carboxylic acid groups (broad SMARTS) is 1. The van der Waals surface area contributed by atoms with Crippen LogP contribution in [0, 0.1) is 13.8 Å². The number of hydrogen-bond donors (Lipinski definition) is 1. The molecule has 21 heavy (non-hydrogen) atoms. The molecule has 0 saturated heterocycles. The molecule has 6 heteroatoms. The Morgan fingerprint density at radius 1 is 1.29 bits per heavy atom. The molecule has 0 bridgehead atoms. The molecule has 0 atom stereocenters. The summed E-state index contributed by atoms with van der Waals surface area (Å²) in [6.07, 6.45) is 1.49. The summed E-state index contributed by atoms with van der Waals surface area (Å²) >= 11 is 2.73. The van der Waals surface area contributed by atoms with Gasteiger partial charge < -0.3 is 5.11 Å². The quantitative estimate of drug-likeness (QED) is 0.735. The summed E-state index contributed by atoms with van der Waals surface area (Å²) in [5, 5.41) is 10.9. The van der Waals surface area contributed by atoms with Crippen LogP contribution >= 0.6 is 23.1 Å². The average Bonchev–Trinajstić information content (AvgIpc) is 2.77. The zero-order chi connectivity index (χ0) is 15.0. The Morgan fingerprint density at radius 3 is 2.81 bits per heavy atom. The number of aryl methyl sites for hydroxylation is 2. The van der Waals surface area contributed by atoms with Crippen LogP contribution in [0.1, 0.15) is 20.8 Å². The summed E-state index contributed by atoms with van der Waals surface area (Å²) in [5.74, 6) is -0.915. The van der Waals surface area contributed by atoms with Crippen LogP contribution in [0.15, 0.2) is 40.5 Å². The topological polar surface area (TPSA) is 63.1 Å². The van der Waals surface area contributed by atoms with E-state index in [9.17, 15) is 9.90 Å². The van der Waals surface area contributed by atoms with Crippen LogP contribution in [0.3, 0.4) is 0 Å². The number of nitrogens with zero attached hydrogens (tertiary/aromatic N) is 2. The fraction of sp³-hybridized carbons (Fsp3) is 0.133. The molecular weight excluding hydrogens is 304 g/mol. The molecule has 2 aromatic heterocycles. The molecule has 0 aliphatic heterocycles. The van der Waals surface area contributed by atoms with Crippen LogP contribution in [0.4, 0.5) is 0 Å². The van der Waals surface area contributed by atoms with Gasteiger partial charge in [-0.25, -0.2) is 14.8 Å². The number of carboxylic acids is 1. The Labute approximate surface area is 129 Å². The van der Waals surface area contributed by atoms with E-state index in [1.165, 1.54) is 35.0 Å². The molecule has 0 radical (unpaired) electrons. The Balaban J connectivity index is 2.12. The van der Waals surface area contributed by atoms with Gasteiger partial charge in [-0.05, 0) is 31.5 Å². The van der Waals surface area contributed by atoms with Crippen molar-refractivity contribution in [2.45, 2.75) is 23.8 Å². The SMILES string of the molecule is Cc1cccc(Sc2ncnc3sc(C(=O)O)c(C)c23)c1. The van der Waals surface area contributed by atoms with E-state index in [-0.39, 0.29) is 0 Å². The molecule has 0 unspecified atom stereocenters. The standard InChI is InChI=1S/C15H12N2O2S2/c1-8-4-3-5-10(6-8)20-13-11-9(2)12(15(18)19)21-14(11)17-7-16-13/h3-7H,1-2H3,(H,18,19). The molecule has 0 aliphatic rings. The van der Waals surface area contributed by atoms with E-state index in [0.717, 1.165) is 25.7 Å². The first-order valence-corrected chi connectivity index (χ1v) is 7.91. The van der Waals surface area contributed by atoms with Crippen molar-refractivity contribution in [2.24, 2.45) is 0 Å². The fourth-order valence-electron chi connectivity index (χ4n) is 2.11. The molecule has 0 saturated carbocycles. The van der Waals surface area contributed by atoms with Crippen LogP contribution < -0.4 is 0 Å². The Kier molecular flexibility index (Phi) is 3.65. The first-order chi connectivity index (χ1) is 10.1. The highest BCUT2D eigenvalue weighted by molar-refractivity contribution is 7.99. The molecule has 0 fully saturated rings. The Morgan fingerprint density at radius 2 is 2.10 bits per heavy atom. The van der Waals surface area contributed by atoms with Gasteiger partial charge in [-0.15, -0.1) is 11.3 Å². The molecule has 4 nitrogen and oxygen atoms in total. The van der Waals surface area contributed by atoms with Gasteiger partial charge in [-0.1, -0.05) is 29.5 Å². The van der Waals surface area contributed by atoms with Gasteiger partial charge in [0.1, 0.15) is 21.1 Å². The van der Waals surface area contributed by atoms with Gasteiger partial charge in [0.15, 0.2) is 0 Å². The van der Waals surface area contributed by atoms with Crippen LogP contribution in [-0.2, 0) is 0 Å². The summed E-state index contributed by atoms with van der Waals surface area (Å²) in [4.78, 5) is 21.9. The van der Waals surface area contributed by atoms with Crippen molar-refractivity contribution in [3.8, 4) is 0 Å². The maximum atomic E-state index is 11.3. The minimum atomic E-state index is -0.915. The summed E-state index contributed by atoms with van der Waals surface area (Å²) < 4.78 is 0. The first kappa shape index (κ1) is 14.0. The van der Waals surface area contributed by atoms with Crippen molar-refractivity contribution >= 4 is 39.3 Å². The summed E-state index contributed by atoms with van der Waals surface area (Å²) in [6, 6.07) is 8.14. The number of benzene rings is 1. The Bertz CT molecular complexity index is 843. The number of aromatic carboxylic acids is 1. The summed E-state index contributed by atoms with van der Waals surface area (Å²) in [6.45, 7) is 3.85. The van der Waals surface area contributed by atoms with E-state index in [1.54, 1.807) is 0 Å². The number of thiophene rings is 1. The number of carbonyl (C=O) groups is 1. The van der Waals surface area contributed by atoms with Crippen molar-refractivity contribution in [3.63, 3.8) is 0 Å². The highest BCUT2D eigenvalue weighted by Crippen LogP contribution is 2.37. The van der Waals surface area contributed by atoms with Gasteiger partial charge in [0, 0.05) is 10.3 Å². The lowest BCUT2D eigenvalue weighted by atomic mass is 10.2. The second-order valence-electron chi connectivity index (χ2n) is 4.64. The summed E-state index contributed by atoms with van der Waals surface area (Å²) in [5.41, 5.74) is 1.91. The van der Waals surface area contributed by atoms with Crippen molar-refractivity contribution in [3.05, 3.63) is 46.6 Å². The predicted molar refractivity (Wildman–Crippen MR) is 84.4 cm³/mol. The van der Waals surface area contributed by atoms with Crippen molar-refractivity contribution < 1.29 is 9.90 Å². The first-order valence-electron chi connectivity index (χ1n) is 6.28. The maximum absolute atomic E-state index is 11.3. The van der Waals surface area contributed by atoms with Crippen molar-refractivity contribution in [2.75, 3.05) is 0 Å². The number of hydrogen-bond acceptors (Lipinski definition) is 5. The van der Waals surface area contributed by atoms with E-state index in [2.05, 4.69) is 16.0 Å². The van der Waals surface area contributed by atoms with Crippen LogP contribution in [0.25, 0.3) is 10.2 Å². The van der Waals surface area contributed by atoms with Crippen molar-refractivity contribution in [1.82, 2.24) is 9.97 Å². The number of aromatic nitrogens is 2. The molecule has 1 aromatic carbocycles. The summed E-state index contributed by atoms with van der Waals surface area (Å²) in [7, 11) is 0. The minimum Gasteiger partial charge on any atom is -0.477 e. The van der Waals surface area contributed by atoms with E-state index in [1.807, 2.05) is 32.0 Å². The maximum Gasteiger partial charge on any atom is 0.346 e. The van der Waals surface area contributed by atoms with Crippen molar-refractivity contribution in [1.29, 1.82) is 0 Å². The molecule has 106 valence electrons. The van der Waals surface area contributed by atoms with Gasteiger partial charge in [0.2, 0.25) is 0 Å². The lowest BCUT2D eigenvalue weighted by Crippen LogP contribution is -1.94.